The molecule has 0 atom stereocenters. The number of likely N-dealkylation sites (tertiary alicyclic amines) is 1. The summed E-state index contributed by atoms with van der Waals surface area (Å²) < 4.78 is 43.9. The number of hydrogen-bond donors (Lipinski definition) is 2. The van der Waals surface area contributed by atoms with Gasteiger partial charge in [0.2, 0.25) is 5.88 Å². The van der Waals surface area contributed by atoms with Crippen LogP contribution >= 0.6 is 11.6 Å². The van der Waals surface area contributed by atoms with Crippen molar-refractivity contribution in [2.75, 3.05) is 38.2 Å². The maximum Gasteiger partial charge on any atom is 0.409 e. The van der Waals surface area contributed by atoms with Crippen LogP contribution < -0.4 is 10.1 Å². The Hall–Kier alpha value is -2.62. The second-order valence-electron chi connectivity index (χ2n) is 9.26. The van der Waals surface area contributed by atoms with E-state index in [1.165, 1.54) is 19.3 Å². The van der Waals surface area contributed by atoms with E-state index in [4.69, 9.17) is 31.5 Å². The van der Waals surface area contributed by atoms with Crippen molar-refractivity contribution in [2.45, 2.75) is 64.8 Å². The van der Waals surface area contributed by atoms with Gasteiger partial charge in [-0.3, -0.25) is 0 Å². The lowest BCUT2D eigenvalue weighted by molar-refractivity contribution is -0.0795. The van der Waals surface area contributed by atoms with Crippen LogP contribution in [0.4, 0.5) is 19.0 Å². The summed E-state index contributed by atoms with van der Waals surface area (Å²) in [5.74, 6) is 1.21. The van der Waals surface area contributed by atoms with E-state index in [1.807, 2.05) is 36.4 Å². The third-order valence-corrected chi connectivity index (χ3v) is 6.50. The van der Waals surface area contributed by atoms with Crippen LogP contribution in [0.15, 0.2) is 49.1 Å². The predicted molar refractivity (Wildman–Crippen MR) is 152 cm³/mol. The molecule has 1 aliphatic heterocycles. The minimum absolute atomic E-state index is 0.0625. The molecule has 2 N–H and O–H groups in total. The summed E-state index contributed by atoms with van der Waals surface area (Å²) >= 11 is 6.01. The standard InChI is InChI=1S/C26H37ClN4O2.C3H3F3/c1-3-22(4-2)33-25-13-12-23(24(28)19-32-17-16-31-14-6-5-7-15-31)26(30-25)29-18-20-8-10-21(27)11-9-20;1-2-3(4,5)6/h8-13,22,28H,3-7,14-19H2,1-2H3,(H,29,30);2H,1H2. The third kappa shape index (κ3) is 12.9. The molecule has 1 fully saturated rings. The molecular formula is C29H40ClF3N4O2. The Labute approximate surface area is 235 Å². The molecule has 0 unspecified atom stereocenters. The van der Waals surface area contributed by atoms with Crippen molar-refractivity contribution in [2.24, 2.45) is 0 Å². The minimum Gasteiger partial charge on any atom is -0.474 e. The first-order valence-electron chi connectivity index (χ1n) is 13.4. The lowest BCUT2D eigenvalue weighted by Crippen LogP contribution is -2.33. The Balaban J connectivity index is 0.000000798. The number of nitrogens with zero attached hydrogens (tertiary/aromatic N) is 2. The molecule has 0 saturated carbocycles. The molecule has 6 nitrogen and oxygen atoms in total. The predicted octanol–water partition coefficient (Wildman–Crippen LogP) is 7.52. The van der Waals surface area contributed by atoms with Gasteiger partial charge in [0.1, 0.15) is 5.82 Å². The summed E-state index contributed by atoms with van der Waals surface area (Å²) in [6.45, 7) is 11.4. The number of halogens is 4. The maximum absolute atomic E-state index is 10.7. The van der Waals surface area contributed by atoms with E-state index in [9.17, 15) is 13.2 Å². The minimum atomic E-state index is -4.19. The number of piperidine rings is 1. The van der Waals surface area contributed by atoms with Gasteiger partial charge in [-0.1, -0.05) is 50.6 Å². The summed E-state index contributed by atoms with van der Waals surface area (Å²) in [6.07, 6.45) is 1.60. The average molecular weight is 569 g/mol. The lowest BCUT2D eigenvalue weighted by Gasteiger charge is -2.26. The highest BCUT2D eigenvalue weighted by molar-refractivity contribution is 6.30. The number of nitrogens with one attached hydrogen (secondary N) is 2. The van der Waals surface area contributed by atoms with Crippen molar-refractivity contribution in [1.29, 1.82) is 5.41 Å². The van der Waals surface area contributed by atoms with E-state index in [0.29, 0.717) is 35.6 Å². The number of pyridine rings is 1. The zero-order chi connectivity index (χ0) is 28.7. The molecule has 1 aliphatic rings. The van der Waals surface area contributed by atoms with Gasteiger partial charge < -0.3 is 25.1 Å². The Morgan fingerprint density at radius 1 is 1.13 bits per heavy atom. The fourth-order valence-corrected chi connectivity index (χ4v) is 4.05. The topological polar surface area (TPSA) is 70.5 Å². The number of ether oxygens (including phenoxy) is 2. The molecule has 3 rings (SSSR count). The van der Waals surface area contributed by atoms with E-state index in [2.05, 4.69) is 30.6 Å². The van der Waals surface area contributed by atoms with E-state index >= 15 is 0 Å². The van der Waals surface area contributed by atoms with Gasteiger partial charge in [-0.2, -0.15) is 18.2 Å². The van der Waals surface area contributed by atoms with Crippen LogP contribution in [-0.4, -0.2) is 60.7 Å². The zero-order valence-corrected chi connectivity index (χ0v) is 23.6. The summed E-state index contributed by atoms with van der Waals surface area (Å²) in [7, 11) is 0. The van der Waals surface area contributed by atoms with Gasteiger partial charge in [0.05, 0.1) is 25.0 Å². The number of anilines is 1. The van der Waals surface area contributed by atoms with Gasteiger partial charge in [0, 0.05) is 35.8 Å². The lowest BCUT2D eigenvalue weighted by atomic mass is 10.1. The Bertz CT molecular complexity index is 1010. The molecule has 2 heterocycles. The highest BCUT2D eigenvalue weighted by atomic mass is 35.5. The van der Waals surface area contributed by atoms with Crippen molar-refractivity contribution in [1.82, 2.24) is 9.88 Å². The molecule has 0 bridgehead atoms. The quantitative estimate of drug-likeness (QED) is 0.148. The van der Waals surface area contributed by atoms with Gasteiger partial charge in [-0.15, -0.1) is 0 Å². The first-order valence-corrected chi connectivity index (χ1v) is 13.8. The summed E-state index contributed by atoms with van der Waals surface area (Å²) in [5.41, 5.74) is 2.23. The van der Waals surface area contributed by atoms with Gasteiger partial charge >= 0.3 is 6.18 Å². The van der Waals surface area contributed by atoms with Crippen LogP contribution in [0, 0.1) is 5.41 Å². The van der Waals surface area contributed by atoms with Crippen LogP contribution in [0.3, 0.4) is 0 Å². The number of alkyl halides is 3. The SMILES string of the molecule is C=CC(F)(F)F.CCC(CC)Oc1ccc(C(=N)COCCN2CCCCC2)c(NCc2ccc(Cl)cc2)n1. The number of allylic oxidation sites excluding steroid dienone is 1. The fraction of sp³-hybridized carbons (Fsp3) is 0.517. The number of aromatic nitrogens is 1. The van der Waals surface area contributed by atoms with Gasteiger partial charge in [-0.25, -0.2) is 0 Å². The van der Waals surface area contributed by atoms with Gasteiger partial charge in [-0.05, 0) is 62.5 Å². The summed E-state index contributed by atoms with van der Waals surface area (Å²) in [4.78, 5) is 7.14. The second-order valence-corrected chi connectivity index (χ2v) is 9.70. The molecule has 1 aromatic carbocycles. The molecule has 2 aromatic rings. The first-order chi connectivity index (χ1) is 18.6. The fourth-order valence-electron chi connectivity index (χ4n) is 3.93. The van der Waals surface area contributed by atoms with Crippen LogP contribution in [-0.2, 0) is 11.3 Å². The second kappa shape index (κ2) is 17.2. The van der Waals surface area contributed by atoms with Gasteiger partial charge in [0.15, 0.2) is 0 Å². The molecule has 0 spiro atoms. The van der Waals surface area contributed by atoms with Crippen LogP contribution in [0.5, 0.6) is 5.88 Å². The number of benzene rings is 1. The molecule has 216 valence electrons. The molecule has 0 aliphatic carbocycles. The van der Waals surface area contributed by atoms with E-state index < -0.39 is 6.18 Å². The highest BCUT2D eigenvalue weighted by Crippen LogP contribution is 2.22. The summed E-state index contributed by atoms with van der Waals surface area (Å²) in [6, 6.07) is 11.5. The van der Waals surface area contributed by atoms with Crippen molar-refractivity contribution in [3.63, 3.8) is 0 Å². The Kier molecular flexibility index (Phi) is 14.3. The van der Waals surface area contributed by atoms with Crippen LogP contribution in [0.1, 0.15) is 57.1 Å². The molecule has 1 saturated heterocycles. The van der Waals surface area contributed by atoms with Crippen LogP contribution in [0.25, 0.3) is 0 Å². The first kappa shape index (κ1) is 32.6. The van der Waals surface area contributed by atoms with E-state index in [0.717, 1.165) is 43.6 Å². The van der Waals surface area contributed by atoms with E-state index in [1.54, 1.807) is 0 Å². The van der Waals surface area contributed by atoms with Crippen molar-refractivity contribution in [3.8, 4) is 5.88 Å². The molecular weight excluding hydrogens is 529 g/mol. The molecule has 10 heteroatoms. The molecule has 1 aromatic heterocycles. The third-order valence-electron chi connectivity index (χ3n) is 6.24. The van der Waals surface area contributed by atoms with Crippen molar-refractivity contribution < 1.29 is 22.6 Å². The Morgan fingerprint density at radius 2 is 1.77 bits per heavy atom. The largest absolute Gasteiger partial charge is 0.474 e. The van der Waals surface area contributed by atoms with Crippen molar-refractivity contribution >= 4 is 23.1 Å². The smallest absolute Gasteiger partial charge is 0.409 e. The van der Waals surface area contributed by atoms with Crippen LogP contribution in [0.2, 0.25) is 5.02 Å². The number of rotatable bonds is 13. The monoisotopic (exact) mass is 568 g/mol. The Morgan fingerprint density at radius 3 is 2.36 bits per heavy atom. The maximum atomic E-state index is 10.7. The average Bonchev–Trinajstić information content (AvgIpc) is 2.94. The van der Waals surface area contributed by atoms with Gasteiger partial charge in [0.25, 0.3) is 0 Å². The highest BCUT2D eigenvalue weighted by Gasteiger charge is 2.20. The normalized spacial score (nSPS) is 13.9. The molecule has 0 radical (unpaired) electrons. The zero-order valence-electron chi connectivity index (χ0n) is 22.8. The van der Waals surface area contributed by atoms with E-state index in [-0.39, 0.29) is 18.8 Å². The number of hydrogen-bond acceptors (Lipinski definition) is 6. The van der Waals surface area contributed by atoms with Crippen molar-refractivity contribution in [3.05, 3.63) is 65.2 Å². The summed E-state index contributed by atoms with van der Waals surface area (Å²) in [5, 5.41) is 12.7. The molecule has 39 heavy (non-hydrogen) atoms. The molecule has 0 amide bonds.